The van der Waals surface area contributed by atoms with Gasteiger partial charge in [0.05, 0.1) is 0 Å². The van der Waals surface area contributed by atoms with E-state index in [1.54, 1.807) is 12.1 Å². The lowest BCUT2D eigenvalue weighted by atomic mass is 9.79. The van der Waals surface area contributed by atoms with Crippen LogP contribution in [0.1, 0.15) is 11.1 Å². The molecule has 0 aliphatic rings. The van der Waals surface area contributed by atoms with Gasteiger partial charge >= 0.3 is 0 Å². The summed E-state index contributed by atoms with van der Waals surface area (Å²) >= 11 is 15.9. The second-order valence-electron chi connectivity index (χ2n) is 4.86. The first-order chi connectivity index (χ1) is 9.59. The minimum absolute atomic E-state index is 0.255. The summed E-state index contributed by atoms with van der Waals surface area (Å²) in [6.07, 6.45) is 0.713. The maximum atomic E-state index is 13.1. The minimum atomic E-state index is -0.391. The van der Waals surface area contributed by atoms with Gasteiger partial charge in [0.15, 0.2) is 0 Å². The maximum Gasteiger partial charge on any atom is 0.123 e. The van der Waals surface area contributed by atoms with Crippen LogP contribution in [0.5, 0.6) is 0 Å². The zero-order chi connectivity index (χ0) is 14.6. The van der Waals surface area contributed by atoms with Crippen molar-refractivity contribution in [3.8, 4) is 0 Å². The van der Waals surface area contributed by atoms with Crippen molar-refractivity contribution in [2.24, 2.45) is 0 Å². The Labute approximate surface area is 137 Å². The van der Waals surface area contributed by atoms with Crippen LogP contribution in [0.15, 0.2) is 53.0 Å². The first-order valence-corrected chi connectivity index (χ1v) is 8.08. The molecule has 0 heterocycles. The van der Waals surface area contributed by atoms with E-state index in [2.05, 4.69) is 22.0 Å². The van der Waals surface area contributed by atoms with Gasteiger partial charge in [-0.3, -0.25) is 0 Å². The van der Waals surface area contributed by atoms with Crippen molar-refractivity contribution in [2.75, 3.05) is 11.8 Å². The largest absolute Gasteiger partial charge is 0.207 e. The van der Waals surface area contributed by atoms with Crippen LogP contribution >= 0.6 is 39.1 Å². The van der Waals surface area contributed by atoms with Gasteiger partial charge in [-0.15, -0.1) is 23.2 Å². The van der Waals surface area contributed by atoms with Gasteiger partial charge in [0.2, 0.25) is 0 Å². The fourth-order valence-electron chi connectivity index (χ4n) is 2.23. The molecule has 0 radical (unpaired) electrons. The molecule has 2 aromatic carbocycles. The fourth-order valence-corrected chi connectivity index (χ4v) is 3.46. The fraction of sp³-hybridized carbons (Fsp3) is 0.250. The molecular formula is C16H14BrCl2F. The van der Waals surface area contributed by atoms with Gasteiger partial charge in [-0.25, -0.2) is 4.39 Å². The molecule has 0 unspecified atom stereocenters. The summed E-state index contributed by atoms with van der Waals surface area (Å²) in [7, 11) is 0. The minimum Gasteiger partial charge on any atom is -0.207 e. The molecular weight excluding hydrogens is 362 g/mol. The van der Waals surface area contributed by atoms with E-state index in [1.807, 2.05) is 18.2 Å². The lowest BCUT2D eigenvalue weighted by Crippen LogP contribution is -2.33. The second-order valence-corrected chi connectivity index (χ2v) is 6.31. The van der Waals surface area contributed by atoms with Crippen LogP contribution in [-0.4, -0.2) is 11.8 Å². The first kappa shape index (κ1) is 15.8. The molecule has 106 valence electrons. The third kappa shape index (κ3) is 3.55. The maximum absolute atomic E-state index is 13.1. The van der Waals surface area contributed by atoms with Gasteiger partial charge in [-0.05, 0) is 41.8 Å². The van der Waals surface area contributed by atoms with Crippen molar-refractivity contribution in [1.29, 1.82) is 0 Å². The third-order valence-corrected chi connectivity index (χ3v) is 4.92. The highest BCUT2D eigenvalue weighted by Crippen LogP contribution is 2.32. The van der Waals surface area contributed by atoms with Gasteiger partial charge in [0.1, 0.15) is 5.82 Å². The molecule has 0 saturated carbocycles. The van der Waals surface area contributed by atoms with Crippen molar-refractivity contribution in [3.05, 3.63) is 69.9 Å². The quantitative estimate of drug-likeness (QED) is 0.601. The van der Waals surface area contributed by atoms with Crippen LogP contribution in [0.4, 0.5) is 4.39 Å². The van der Waals surface area contributed by atoms with Crippen LogP contribution in [0, 0.1) is 5.82 Å². The van der Waals surface area contributed by atoms with Crippen molar-refractivity contribution in [2.45, 2.75) is 11.8 Å². The third-order valence-electron chi connectivity index (χ3n) is 3.40. The van der Waals surface area contributed by atoms with Crippen LogP contribution in [-0.2, 0) is 11.8 Å². The molecule has 0 aliphatic heterocycles. The average molecular weight is 376 g/mol. The Morgan fingerprint density at radius 2 is 1.65 bits per heavy atom. The van der Waals surface area contributed by atoms with Crippen molar-refractivity contribution < 1.29 is 4.39 Å². The van der Waals surface area contributed by atoms with Gasteiger partial charge in [-0.1, -0.05) is 40.2 Å². The van der Waals surface area contributed by atoms with Crippen LogP contribution in [0.3, 0.4) is 0 Å². The van der Waals surface area contributed by atoms with E-state index < -0.39 is 5.41 Å². The zero-order valence-corrected chi connectivity index (χ0v) is 13.8. The molecule has 2 aromatic rings. The Morgan fingerprint density at radius 1 is 1.00 bits per heavy atom. The molecule has 0 N–H and O–H groups in total. The van der Waals surface area contributed by atoms with E-state index >= 15 is 0 Å². The number of benzene rings is 2. The van der Waals surface area contributed by atoms with E-state index in [0.717, 1.165) is 15.6 Å². The number of halogens is 4. The van der Waals surface area contributed by atoms with E-state index in [9.17, 15) is 4.39 Å². The number of hydrogen-bond acceptors (Lipinski definition) is 0. The van der Waals surface area contributed by atoms with Crippen molar-refractivity contribution in [1.82, 2.24) is 0 Å². The molecule has 0 aliphatic carbocycles. The van der Waals surface area contributed by atoms with Crippen LogP contribution < -0.4 is 0 Å². The Hall–Kier alpha value is -0.570. The topological polar surface area (TPSA) is 0 Å². The number of rotatable bonds is 5. The summed E-state index contributed by atoms with van der Waals surface area (Å²) < 4.78 is 14.1. The summed E-state index contributed by atoms with van der Waals surface area (Å²) in [5.74, 6) is 0.512. The van der Waals surface area contributed by atoms with Crippen LogP contribution in [0.25, 0.3) is 0 Å². The molecule has 0 bridgehead atoms. The molecule has 0 saturated heterocycles. The first-order valence-electron chi connectivity index (χ1n) is 6.22. The van der Waals surface area contributed by atoms with E-state index in [0.29, 0.717) is 18.2 Å². The molecule has 0 amide bonds. The molecule has 0 fully saturated rings. The number of hydrogen-bond donors (Lipinski definition) is 0. The van der Waals surface area contributed by atoms with Gasteiger partial charge < -0.3 is 0 Å². The normalized spacial score (nSPS) is 11.6. The second kappa shape index (κ2) is 6.93. The van der Waals surface area contributed by atoms with Crippen LogP contribution in [0.2, 0.25) is 0 Å². The highest BCUT2D eigenvalue weighted by atomic mass is 79.9. The van der Waals surface area contributed by atoms with E-state index in [4.69, 9.17) is 23.2 Å². The smallest absolute Gasteiger partial charge is 0.123 e. The SMILES string of the molecule is Fc1ccc(C(CCl)(CCl)Cc2cccc(Br)c2)cc1. The standard InChI is InChI=1S/C16H14BrCl2F/c17-14-3-1-2-12(8-14)9-16(10-18,11-19)13-4-6-15(20)7-5-13/h1-8H,9-11H2. The lowest BCUT2D eigenvalue weighted by Gasteiger charge is -2.30. The van der Waals surface area contributed by atoms with Gasteiger partial charge in [-0.2, -0.15) is 0 Å². The number of alkyl halides is 2. The zero-order valence-electron chi connectivity index (χ0n) is 10.8. The molecule has 20 heavy (non-hydrogen) atoms. The summed E-state index contributed by atoms with van der Waals surface area (Å²) in [5.41, 5.74) is 1.71. The summed E-state index contributed by atoms with van der Waals surface area (Å²) in [5, 5.41) is 0. The Balaban J connectivity index is 2.36. The summed E-state index contributed by atoms with van der Waals surface area (Å²) in [6, 6.07) is 14.5. The van der Waals surface area contributed by atoms with E-state index in [1.165, 1.54) is 12.1 Å². The molecule has 2 rings (SSSR count). The summed E-state index contributed by atoms with van der Waals surface area (Å²) in [4.78, 5) is 0. The predicted molar refractivity (Wildman–Crippen MR) is 87.4 cm³/mol. The Kier molecular flexibility index (Phi) is 5.48. The highest BCUT2D eigenvalue weighted by Gasteiger charge is 2.31. The lowest BCUT2D eigenvalue weighted by molar-refractivity contribution is 0.533. The molecule has 0 nitrogen and oxygen atoms in total. The highest BCUT2D eigenvalue weighted by molar-refractivity contribution is 9.10. The van der Waals surface area contributed by atoms with Crippen molar-refractivity contribution in [3.63, 3.8) is 0 Å². The van der Waals surface area contributed by atoms with Gasteiger partial charge in [0, 0.05) is 21.6 Å². The Morgan fingerprint density at radius 3 is 2.20 bits per heavy atom. The van der Waals surface area contributed by atoms with E-state index in [-0.39, 0.29) is 5.82 Å². The predicted octanol–water partition coefficient (Wildman–Crippen LogP) is 5.55. The average Bonchev–Trinajstić information content (AvgIpc) is 2.46. The van der Waals surface area contributed by atoms with Gasteiger partial charge in [0.25, 0.3) is 0 Å². The summed E-state index contributed by atoms with van der Waals surface area (Å²) in [6.45, 7) is 0. The molecule has 0 atom stereocenters. The monoisotopic (exact) mass is 374 g/mol. The van der Waals surface area contributed by atoms with Crippen molar-refractivity contribution >= 4 is 39.1 Å². The molecule has 0 aromatic heterocycles. The molecule has 4 heteroatoms. The Bertz CT molecular complexity index is 565. The molecule has 0 spiro atoms.